The second-order valence-electron chi connectivity index (χ2n) is 6.50. The average Bonchev–Trinajstić information content (AvgIpc) is 3.22. The van der Waals surface area contributed by atoms with Crippen LogP contribution in [-0.2, 0) is 26.2 Å². The summed E-state index contributed by atoms with van der Waals surface area (Å²) < 4.78 is 4.34. The number of hydrogen-bond acceptors (Lipinski definition) is 5. The van der Waals surface area contributed by atoms with E-state index < -0.39 is 0 Å². The van der Waals surface area contributed by atoms with Crippen molar-refractivity contribution in [2.75, 3.05) is 6.54 Å². The van der Waals surface area contributed by atoms with E-state index in [1.165, 1.54) is 4.88 Å². The van der Waals surface area contributed by atoms with Crippen LogP contribution >= 0.6 is 11.3 Å². The minimum atomic E-state index is 0.486. The highest BCUT2D eigenvalue weighted by atomic mass is 32.1. The Bertz CT molecular complexity index is 803. The Kier molecular flexibility index (Phi) is 4.20. The average molecular weight is 342 g/mol. The molecule has 1 aliphatic rings. The van der Waals surface area contributed by atoms with Crippen molar-refractivity contribution >= 4 is 11.3 Å². The predicted octanol–water partition coefficient (Wildman–Crippen LogP) is 2.49. The van der Waals surface area contributed by atoms with Gasteiger partial charge < -0.3 is 4.57 Å². The van der Waals surface area contributed by atoms with Crippen LogP contribution in [0.5, 0.6) is 0 Å². The van der Waals surface area contributed by atoms with E-state index in [-0.39, 0.29) is 0 Å². The molecule has 7 heteroatoms. The molecule has 6 nitrogen and oxygen atoms in total. The lowest BCUT2D eigenvalue weighted by molar-refractivity contribution is 0.206. The number of nitrogens with zero attached hydrogens (tertiary/aromatic N) is 6. The maximum atomic E-state index is 4.55. The van der Waals surface area contributed by atoms with Gasteiger partial charge in [-0.2, -0.15) is 5.10 Å². The van der Waals surface area contributed by atoms with E-state index in [1.807, 2.05) is 36.1 Å². The lowest BCUT2D eigenvalue weighted by atomic mass is 10.1. The smallest absolute Gasteiger partial charge is 0.147 e. The summed E-state index contributed by atoms with van der Waals surface area (Å²) in [5.41, 5.74) is 0. The number of thiophene rings is 1. The van der Waals surface area contributed by atoms with Crippen molar-refractivity contribution in [2.45, 2.75) is 40.0 Å². The van der Waals surface area contributed by atoms with E-state index in [2.05, 4.69) is 48.2 Å². The Hall–Kier alpha value is -1.99. The third-order valence-electron chi connectivity index (χ3n) is 4.49. The fourth-order valence-electron chi connectivity index (χ4n) is 3.46. The third kappa shape index (κ3) is 3.27. The van der Waals surface area contributed by atoms with Crippen LogP contribution < -0.4 is 0 Å². The minimum absolute atomic E-state index is 0.486. The number of fused-ring (bicyclic) bond motifs is 1. The molecule has 1 atom stereocenters. The Morgan fingerprint density at radius 2 is 2.21 bits per heavy atom. The highest BCUT2D eigenvalue weighted by Crippen LogP contribution is 2.21. The Labute approximate surface area is 145 Å². The molecule has 4 heterocycles. The number of rotatable bonds is 4. The fraction of sp³-hybridized carbons (Fsp3) is 0.471. The molecule has 0 saturated carbocycles. The third-order valence-corrected chi connectivity index (χ3v) is 5.35. The van der Waals surface area contributed by atoms with Crippen molar-refractivity contribution in [3.8, 4) is 0 Å². The van der Waals surface area contributed by atoms with E-state index >= 15 is 0 Å². The quantitative estimate of drug-likeness (QED) is 0.731. The van der Waals surface area contributed by atoms with Gasteiger partial charge in [0, 0.05) is 49.4 Å². The Balaban J connectivity index is 1.55. The van der Waals surface area contributed by atoms with Gasteiger partial charge in [-0.3, -0.25) is 4.90 Å². The van der Waals surface area contributed by atoms with Gasteiger partial charge >= 0.3 is 0 Å². The largest absolute Gasteiger partial charge is 0.333 e. The molecule has 3 aromatic heterocycles. The van der Waals surface area contributed by atoms with Crippen LogP contribution in [0.25, 0.3) is 0 Å². The summed E-state index contributed by atoms with van der Waals surface area (Å²) in [6.45, 7) is 8.78. The molecule has 0 fully saturated rings. The molecular formula is C17H22N6S. The molecule has 0 aromatic carbocycles. The van der Waals surface area contributed by atoms with Gasteiger partial charge in [-0.05, 0) is 25.3 Å². The first-order valence-electron chi connectivity index (χ1n) is 8.30. The molecule has 3 aromatic rings. The molecule has 24 heavy (non-hydrogen) atoms. The van der Waals surface area contributed by atoms with Crippen molar-refractivity contribution < 1.29 is 0 Å². The second-order valence-corrected chi connectivity index (χ2v) is 7.53. The molecule has 0 unspecified atom stereocenters. The highest BCUT2D eigenvalue weighted by Gasteiger charge is 2.23. The van der Waals surface area contributed by atoms with E-state index in [0.29, 0.717) is 5.92 Å². The summed E-state index contributed by atoms with van der Waals surface area (Å²) in [6.07, 6.45) is 4.00. The van der Waals surface area contributed by atoms with Gasteiger partial charge in [0.15, 0.2) is 0 Å². The zero-order valence-electron chi connectivity index (χ0n) is 14.1. The van der Waals surface area contributed by atoms with Crippen molar-refractivity contribution in [2.24, 2.45) is 5.92 Å². The molecule has 0 aliphatic carbocycles. The van der Waals surface area contributed by atoms with Gasteiger partial charge in [-0.15, -0.1) is 11.3 Å². The number of aromatic nitrogens is 5. The highest BCUT2D eigenvalue weighted by molar-refractivity contribution is 7.09. The van der Waals surface area contributed by atoms with Crippen molar-refractivity contribution in [3.63, 3.8) is 0 Å². The van der Waals surface area contributed by atoms with E-state index in [1.54, 1.807) is 0 Å². The summed E-state index contributed by atoms with van der Waals surface area (Å²) >= 11 is 1.82. The number of imidazole rings is 1. The van der Waals surface area contributed by atoms with Crippen molar-refractivity contribution in [1.29, 1.82) is 0 Å². The van der Waals surface area contributed by atoms with Crippen LogP contribution in [0, 0.1) is 19.8 Å². The summed E-state index contributed by atoms with van der Waals surface area (Å²) in [6, 6.07) is 4.33. The fourth-order valence-corrected chi connectivity index (χ4v) is 4.21. The number of aryl methyl sites for hydroxylation is 2. The molecule has 4 rings (SSSR count). The normalized spacial score (nSPS) is 18.5. The topological polar surface area (TPSA) is 51.8 Å². The van der Waals surface area contributed by atoms with Crippen LogP contribution in [-0.4, -0.2) is 35.8 Å². The molecule has 0 saturated heterocycles. The van der Waals surface area contributed by atoms with Gasteiger partial charge in [0.25, 0.3) is 0 Å². The summed E-state index contributed by atoms with van der Waals surface area (Å²) in [5, 5.41) is 6.69. The van der Waals surface area contributed by atoms with Gasteiger partial charge in [0.05, 0.1) is 6.54 Å². The van der Waals surface area contributed by atoms with Crippen LogP contribution in [0.1, 0.15) is 22.4 Å². The van der Waals surface area contributed by atoms with Gasteiger partial charge in [0.2, 0.25) is 0 Å². The molecular weight excluding hydrogens is 320 g/mol. The Morgan fingerprint density at radius 1 is 1.29 bits per heavy atom. The first-order valence-corrected chi connectivity index (χ1v) is 9.18. The van der Waals surface area contributed by atoms with Crippen LogP contribution in [0.4, 0.5) is 0 Å². The second kappa shape index (κ2) is 6.49. The van der Waals surface area contributed by atoms with Crippen molar-refractivity contribution in [3.05, 3.63) is 52.3 Å². The lowest BCUT2D eigenvalue weighted by Crippen LogP contribution is -2.30. The van der Waals surface area contributed by atoms with Crippen LogP contribution in [0.2, 0.25) is 0 Å². The minimum Gasteiger partial charge on any atom is -0.333 e. The lowest BCUT2D eigenvalue weighted by Gasteiger charge is -2.23. The summed E-state index contributed by atoms with van der Waals surface area (Å²) in [7, 11) is 0. The van der Waals surface area contributed by atoms with E-state index in [9.17, 15) is 0 Å². The summed E-state index contributed by atoms with van der Waals surface area (Å²) in [5.74, 6) is 3.48. The zero-order chi connectivity index (χ0) is 16.5. The van der Waals surface area contributed by atoms with Gasteiger partial charge in [-0.1, -0.05) is 6.07 Å². The van der Waals surface area contributed by atoms with Gasteiger partial charge in [0.1, 0.15) is 17.5 Å². The van der Waals surface area contributed by atoms with Crippen LogP contribution in [0.15, 0.2) is 29.9 Å². The standard InChI is InChI=1S/C17H22N6S/c1-13-19-14(2)23(20-13)10-15-8-21(11-16-4-3-7-24-16)12-17-18-5-6-22(17)9-15/h3-7,15H,8-12H2,1-2H3/t15-/m1/s1. The molecule has 0 amide bonds. The predicted molar refractivity (Wildman–Crippen MR) is 93.6 cm³/mol. The first kappa shape index (κ1) is 15.5. The molecule has 0 bridgehead atoms. The molecule has 0 radical (unpaired) electrons. The zero-order valence-corrected chi connectivity index (χ0v) is 14.9. The maximum Gasteiger partial charge on any atom is 0.147 e. The molecule has 126 valence electrons. The summed E-state index contributed by atoms with van der Waals surface area (Å²) in [4.78, 5) is 12.9. The van der Waals surface area contributed by atoms with Crippen molar-refractivity contribution in [1.82, 2.24) is 29.2 Å². The molecule has 0 spiro atoms. The molecule has 1 aliphatic heterocycles. The number of hydrogen-bond donors (Lipinski definition) is 0. The Morgan fingerprint density at radius 3 is 2.96 bits per heavy atom. The monoisotopic (exact) mass is 342 g/mol. The maximum absolute atomic E-state index is 4.55. The molecule has 0 N–H and O–H groups in total. The van der Waals surface area contributed by atoms with E-state index in [4.69, 9.17) is 0 Å². The first-order chi connectivity index (χ1) is 11.7. The SMILES string of the molecule is Cc1nc(C)n(C[C@@H]2CN(Cc3cccs3)Cc3nccn3C2)n1. The van der Waals surface area contributed by atoms with E-state index in [0.717, 1.165) is 50.2 Å². The van der Waals surface area contributed by atoms with Crippen LogP contribution in [0.3, 0.4) is 0 Å². The van der Waals surface area contributed by atoms with Gasteiger partial charge in [-0.25, -0.2) is 14.6 Å².